The van der Waals surface area contributed by atoms with E-state index in [1.165, 1.54) is 82.4 Å². The second-order valence-electron chi connectivity index (χ2n) is 16.2. The van der Waals surface area contributed by atoms with Gasteiger partial charge in [0, 0.05) is 16.7 Å². The van der Waals surface area contributed by atoms with Crippen LogP contribution in [0, 0.1) is 0 Å². The van der Waals surface area contributed by atoms with Crippen molar-refractivity contribution in [3.63, 3.8) is 0 Å². The van der Waals surface area contributed by atoms with Crippen molar-refractivity contribution in [3.05, 3.63) is 235 Å². The zero-order valence-electron chi connectivity index (χ0n) is 33.0. The normalized spacial score (nSPS) is 13.0. The standard InChI is InChI=1S/C58H35N3/c1-3-16-36(17-4-1)55-59-56(37-18-5-2-6-19-37)61-57(60-55)47-26-15-29-53-54(47)49-35-39(31-33-52(49)58(53)50-27-13-11-24-45(50)46-25-12-14-28-51(46)58)38-30-32-44-42-22-8-7-20-40(42)41-21-9-10-23-43(41)48(44)34-38/h1-35H. The molecule has 0 bridgehead atoms. The minimum absolute atomic E-state index is 0.525. The minimum Gasteiger partial charge on any atom is -0.208 e. The van der Waals surface area contributed by atoms with Gasteiger partial charge >= 0.3 is 0 Å². The van der Waals surface area contributed by atoms with Crippen LogP contribution in [0.25, 0.3) is 99.9 Å². The number of rotatable bonds is 4. The summed E-state index contributed by atoms with van der Waals surface area (Å²) >= 11 is 0. The maximum atomic E-state index is 5.30. The minimum atomic E-state index is -0.525. The molecule has 3 nitrogen and oxygen atoms in total. The highest BCUT2D eigenvalue weighted by Gasteiger charge is 2.52. The molecule has 11 aromatic rings. The number of hydrogen-bond acceptors (Lipinski definition) is 3. The van der Waals surface area contributed by atoms with Crippen LogP contribution in [0.15, 0.2) is 212 Å². The van der Waals surface area contributed by atoms with E-state index in [9.17, 15) is 0 Å². The molecule has 10 aromatic carbocycles. The van der Waals surface area contributed by atoms with Gasteiger partial charge < -0.3 is 0 Å². The third kappa shape index (κ3) is 4.83. The van der Waals surface area contributed by atoms with Crippen LogP contribution in [-0.4, -0.2) is 15.0 Å². The fourth-order valence-electron chi connectivity index (χ4n) is 10.6. The first-order chi connectivity index (χ1) is 30.3. The van der Waals surface area contributed by atoms with E-state index in [1.54, 1.807) is 0 Å². The monoisotopic (exact) mass is 773 g/mol. The molecule has 282 valence electrons. The van der Waals surface area contributed by atoms with Gasteiger partial charge in [-0.05, 0) is 100 Å². The Morgan fingerprint density at radius 1 is 0.246 bits per heavy atom. The molecule has 0 unspecified atom stereocenters. The summed E-state index contributed by atoms with van der Waals surface area (Å²) in [7, 11) is 0. The van der Waals surface area contributed by atoms with Crippen LogP contribution in [0.1, 0.15) is 22.3 Å². The summed E-state index contributed by atoms with van der Waals surface area (Å²) in [6.45, 7) is 0. The van der Waals surface area contributed by atoms with Crippen LogP contribution >= 0.6 is 0 Å². The summed E-state index contributed by atoms with van der Waals surface area (Å²) in [5, 5.41) is 7.63. The Balaban J connectivity index is 1.10. The Labute approximate surface area is 353 Å². The average Bonchev–Trinajstić information content (AvgIpc) is 3.81. The van der Waals surface area contributed by atoms with E-state index in [0.29, 0.717) is 17.5 Å². The lowest BCUT2D eigenvalue weighted by molar-refractivity contribution is 0.794. The van der Waals surface area contributed by atoms with Gasteiger partial charge in [-0.2, -0.15) is 0 Å². The first kappa shape index (κ1) is 33.9. The van der Waals surface area contributed by atoms with Crippen molar-refractivity contribution in [2.45, 2.75) is 5.41 Å². The van der Waals surface area contributed by atoms with Gasteiger partial charge in [0.25, 0.3) is 0 Å². The molecule has 0 atom stereocenters. The lowest BCUT2D eigenvalue weighted by atomic mass is 9.70. The number of nitrogens with zero attached hydrogens (tertiary/aromatic N) is 3. The summed E-state index contributed by atoms with van der Waals surface area (Å²) in [5.74, 6) is 1.95. The first-order valence-corrected chi connectivity index (χ1v) is 20.9. The predicted molar refractivity (Wildman–Crippen MR) is 250 cm³/mol. The quantitative estimate of drug-likeness (QED) is 0.167. The molecule has 0 aliphatic heterocycles. The summed E-state index contributed by atoms with van der Waals surface area (Å²) in [6.07, 6.45) is 0. The zero-order valence-corrected chi connectivity index (χ0v) is 33.0. The Hall–Kier alpha value is -8.01. The van der Waals surface area contributed by atoms with Gasteiger partial charge in [-0.25, -0.2) is 15.0 Å². The van der Waals surface area contributed by atoms with Crippen LogP contribution in [-0.2, 0) is 5.41 Å². The second-order valence-corrected chi connectivity index (χ2v) is 16.2. The molecule has 0 fully saturated rings. The van der Waals surface area contributed by atoms with Gasteiger partial charge in [-0.3, -0.25) is 0 Å². The molecule has 0 saturated carbocycles. The van der Waals surface area contributed by atoms with Gasteiger partial charge in [0.05, 0.1) is 5.41 Å². The topological polar surface area (TPSA) is 38.7 Å². The lowest BCUT2D eigenvalue weighted by Crippen LogP contribution is -2.25. The van der Waals surface area contributed by atoms with Crippen molar-refractivity contribution >= 4 is 32.3 Å². The van der Waals surface area contributed by atoms with E-state index in [-0.39, 0.29) is 0 Å². The molecule has 0 amide bonds. The Bertz CT molecular complexity index is 3450. The van der Waals surface area contributed by atoms with E-state index in [2.05, 4.69) is 176 Å². The number of hydrogen-bond donors (Lipinski definition) is 0. The molecule has 13 rings (SSSR count). The fraction of sp³-hybridized carbons (Fsp3) is 0.0172. The third-order valence-corrected chi connectivity index (χ3v) is 13.1. The van der Waals surface area contributed by atoms with Crippen LogP contribution < -0.4 is 0 Å². The highest BCUT2D eigenvalue weighted by molar-refractivity contribution is 6.25. The summed E-state index contributed by atoms with van der Waals surface area (Å²) < 4.78 is 0. The fourth-order valence-corrected chi connectivity index (χ4v) is 10.6. The van der Waals surface area contributed by atoms with Crippen molar-refractivity contribution in [3.8, 4) is 67.5 Å². The molecule has 2 aliphatic rings. The molecule has 2 aliphatic carbocycles. The zero-order chi connectivity index (χ0) is 40.1. The molecule has 0 saturated heterocycles. The second kappa shape index (κ2) is 13.0. The van der Waals surface area contributed by atoms with E-state index >= 15 is 0 Å². The molecular formula is C58H35N3. The van der Waals surface area contributed by atoms with Crippen LogP contribution in [0.4, 0.5) is 0 Å². The molecular weight excluding hydrogens is 739 g/mol. The van der Waals surface area contributed by atoms with Gasteiger partial charge in [-0.15, -0.1) is 0 Å². The smallest absolute Gasteiger partial charge is 0.164 e. The molecule has 1 aromatic heterocycles. The maximum absolute atomic E-state index is 5.30. The molecule has 1 heterocycles. The van der Waals surface area contributed by atoms with Crippen molar-refractivity contribution < 1.29 is 0 Å². The molecule has 0 N–H and O–H groups in total. The van der Waals surface area contributed by atoms with E-state index in [4.69, 9.17) is 15.0 Å². The van der Waals surface area contributed by atoms with Crippen LogP contribution in [0.2, 0.25) is 0 Å². The van der Waals surface area contributed by atoms with Gasteiger partial charge in [0.2, 0.25) is 0 Å². The number of fused-ring (bicyclic) bond motifs is 16. The molecule has 0 radical (unpaired) electrons. The highest BCUT2D eigenvalue weighted by atomic mass is 15.0. The van der Waals surface area contributed by atoms with Crippen LogP contribution in [0.5, 0.6) is 0 Å². The average molecular weight is 774 g/mol. The van der Waals surface area contributed by atoms with E-state index in [1.807, 2.05) is 36.4 Å². The van der Waals surface area contributed by atoms with Crippen molar-refractivity contribution in [2.75, 3.05) is 0 Å². The van der Waals surface area contributed by atoms with Gasteiger partial charge in [0.1, 0.15) is 0 Å². The third-order valence-electron chi connectivity index (χ3n) is 13.1. The molecule has 3 heteroatoms. The molecule has 1 spiro atoms. The van der Waals surface area contributed by atoms with Crippen LogP contribution in [0.3, 0.4) is 0 Å². The van der Waals surface area contributed by atoms with Crippen molar-refractivity contribution in [1.82, 2.24) is 15.0 Å². The first-order valence-electron chi connectivity index (χ1n) is 20.9. The SMILES string of the molecule is c1ccc(-c2nc(-c3ccccc3)nc(-c3cccc4c3-c3cc(-c5ccc6c7ccccc7c7ccccc7c6c5)ccc3C43c4ccccc4-c4ccccc43)n2)cc1. The maximum Gasteiger partial charge on any atom is 0.164 e. The van der Waals surface area contributed by atoms with E-state index < -0.39 is 5.41 Å². The Morgan fingerprint density at radius 3 is 1.28 bits per heavy atom. The Kier molecular flexibility index (Phi) is 7.22. The predicted octanol–water partition coefficient (Wildman–Crippen LogP) is 14.3. The number of aromatic nitrogens is 3. The van der Waals surface area contributed by atoms with Gasteiger partial charge in [-0.1, -0.05) is 200 Å². The highest BCUT2D eigenvalue weighted by Crippen LogP contribution is 2.64. The van der Waals surface area contributed by atoms with Crippen molar-refractivity contribution in [1.29, 1.82) is 0 Å². The van der Waals surface area contributed by atoms with E-state index in [0.717, 1.165) is 22.3 Å². The summed E-state index contributed by atoms with van der Waals surface area (Å²) in [4.78, 5) is 15.7. The lowest BCUT2D eigenvalue weighted by Gasteiger charge is -2.30. The van der Waals surface area contributed by atoms with Crippen molar-refractivity contribution in [2.24, 2.45) is 0 Å². The molecule has 61 heavy (non-hydrogen) atoms. The Morgan fingerprint density at radius 2 is 0.672 bits per heavy atom. The van der Waals surface area contributed by atoms with Gasteiger partial charge in [0.15, 0.2) is 17.5 Å². The largest absolute Gasteiger partial charge is 0.208 e. The summed E-state index contributed by atoms with van der Waals surface area (Å²) in [5.41, 5.74) is 14.7. The number of benzene rings is 10. The summed E-state index contributed by atoms with van der Waals surface area (Å²) in [6, 6.07) is 76.9.